The highest BCUT2D eigenvalue weighted by Crippen LogP contribution is 2.41. The molecule has 0 unspecified atom stereocenters. The molecule has 0 aliphatic heterocycles. The Labute approximate surface area is 258 Å². The fourth-order valence-corrected chi connectivity index (χ4v) is 7.32. The zero-order valence-electron chi connectivity index (χ0n) is 24.3. The van der Waals surface area contributed by atoms with E-state index in [1.54, 1.807) is 0 Å². The second kappa shape index (κ2) is 9.22. The molecule has 0 N–H and O–H groups in total. The summed E-state index contributed by atoms with van der Waals surface area (Å²) in [6.07, 6.45) is 0. The summed E-state index contributed by atoms with van der Waals surface area (Å²) in [5, 5.41) is 7.16. The van der Waals surface area contributed by atoms with Crippen molar-refractivity contribution in [1.82, 2.24) is 9.13 Å². The zero-order chi connectivity index (χ0) is 29.5. The van der Waals surface area contributed by atoms with Crippen LogP contribution in [0.2, 0.25) is 0 Å². The molecular weight excluding hydrogens is 548 g/mol. The molecule has 0 aliphatic rings. The molecular formula is C42H26N2O. The fourth-order valence-electron chi connectivity index (χ4n) is 7.32. The molecule has 0 fully saturated rings. The summed E-state index contributed by atoms with van der Waals surface area (Å²) < 4.78 is 11.3. The summed E-state index contributed by atoms with van der Waals surface area (Å²) in [4.78, 5) is 0. The second-order valence-corrected chi connectivity index (χ2v) is 11.8. The Morgan fingerprint density at radius 1 is 0.356 bits per heavy atom. The summed E-state index contributed by atoms with van der Waals surface area (Å²) in [7, 11) is 0. The van der Waals surface area contributed by atoms with Crippen molar-refractivity contribution in [1.29, 1.82) is 0 Å². The molecule has 0 saturated carbocycles. The van der Waals surface area contributed by atoms with E-state index in [2.05, 4.69) is 167 Å². The van der Waals surface area contributed by atoms with Crippen molar-refractivity contribution in [3.8, 4) is 22.5 Å². The summed E-state index contributed by atoms with van der Waals surface area (Å²) in [5.41, 5.74) is 11.3. The van der Waals surface area contributed by atoms with Crippen LogP contribution in [0.4, 0.5) is 0 Å². The Morgan fingerprint density at radius 3 is 1.62 bits per heavy atom. The van der Waals surface area contributed by atoms with E-state index in [1.165, 1.54) is 43.8 Å². The van der Waals surface area contributed by atoms with Crippen molar-refractivity contribution in [3.05, 3.63) is 158 Å². The smallest absolute Gasteiger partial charge is 0.145 e. The molecule has 7 aromatic carbocycles. The molecule has 3 nitrogen and oxygen atoms in total. The van der Waals surface area contributed by atoms with Gasteiger partial charge < -0.3 is 13.6 Å². The first kappa shape index (κ1) is 24.4. The third kappa shape index (κ3) is 3.46. The van der Waals surface area contributed by atoms with Crippen molar-refractivity contribution in [2.75, 3.05) is 0 Å². The van der Waals surface area contributed by atoms with Crippen LogP contribution in [0.3, 0.4) is 0 Å². The van der Waals surface area contributed by atoms with Crippen molar-refractivity contribution < 1.29 is 4.42 Å². The van der Waals surface area contributed by atoms with Gasteiger partial charge in [-0.3, -0.25) is 0 Å². The number of nitrogens with zero attached hydrogens (tertiary/aromatic N) is 2. The molecule has 0 radical (unpaired) electrons. The molecule has 10 rings (SSSR count). The Bertz CT molecular complexity index is 2690. The highest BCUT2D eigenvalue weighted by molar-refractivity contribution is 6.24. The van der Waals surface area contributed by atoms with Gasteiger partial charge in [-0.25, -0.2) is 0 Å². The minimum absolute atomic E-state index is 0.902. The van der Waals surface area contributed by atoms with E-state index in [-0.39, 0.29) is 0 Å². The molecule has 45 heavy (non-hydrogen) atoms. The van der Waals surface area contributed by atoms with Gasteiger partial charge in [0, 0.05) is 38.3 Å². The van der Waals surface area contributed by atoms with Gasteiger partial charge in [-0.2, -0.15) is 0 Å². The van der Waals surface area contributed by atoms with Crippen molar-refractivity contribution in [3.63, 3.8) is 0 Å². The summed E-state index contributed by atoms with van der Waals surface area (Å²) in [5.74, 6) is 0. The Hall–Kier alpha value is -6.06. The fraction of sp³-hybridized carbons (Fsp3) is 0. The predicted octanol–water partition coefficient (Wildman–Crippen LogP) is 11.4. The van der Waals surface area contributed by atoms with Crippen LogP contribution in [-0.4, -0.2) is 9.13 Å². The van der Waals surface area contributed by atoms with Crippen LogP contribution in [0.25, 0.3) is 88.1 Å². The largest absolute Gasteiger partial charge is 0.455 e. The highest BCUT2D eigenvalue weighted by atomic mass is 16.3. The van der Waals surface area contributed by atoms with E-state index in [0.29, 0.717) is 0 Å². The Kier molecular flexibility index (Phi) is 5.00. The van der Waals surface area contributed by atoms with E-state index in [4.69, 9.17) is 4.42 Å². The van der Waals surface area contributed by atoms with Crippen LogP contribution < -0.4 is 0 Å². The van der Waals surface area contributed by atoms with Crippen molar-refractivity contribution in [2.24, 2.45) is 0 Å². The first-order valence-electron chi connectivity index (χ1n) is 15.4. The molecule has 0 aliphatic carbocycles. The van der Waals surface area contributed by atoms with Gasteiger partial charge in [0.05, 0.1) is 27.5 Å². The average molecular weight is 575 g/mol. The zero-order valence-corrected chi connectivity index (χ0v) is 24.3. The molecule has 0 spiro atoms. The van der Waals surface area contributed by atoms with Crippen LogP contribution >= 0.6 is 0 Å². The van der Waals surface area contributed by atoms with Gasteiger partial charge in [-0.1, -0.05) is 91.0 Å². The number of hydrogen-bond acceptors (Lipinski definition) is 1. The minimum atomic E-state index is 0.902. The predicted molar refractivity (Wildman–Crippen MR) is 188 cm³/mol. The standard InChI is InChI=1S/C42H26N2O/c1-2-10-29(11-3-1)44-38-17-9-6-14-34(38)41-39(44)24-23-33-35-26-28(20-25-40(35)45-42(33)41)27-18-21-30(22-19-27)43-36-15-7-4-12-31(36)32-13-5-8-16-37(32)43/h1-26H. The number of rotatable bonds is 3. The first-order chi connectivity index (χ1) is 22.3. The number of hydrogen-bond donors (Lipinski definition) is 0. The Balaban J connectivity index is 1.13. The van der Waals surface area contributed by atoms with E-state index < -0.39 is 0 Å². The maximum Gasteiger partial charge on any atom is 0.145 e. The van der Waals surface area contributed by atoms with E-state index in [0.717, 1.165) is 44.2 Å². The lowest BCUT2D eigenvalue weighted by Crippen LogP contribution is -1.93. The quantitative estimate of drug-likeness (QED) is 0.206. The van der Waals surface area contributed by atoms with E-state index in [1.807, 2.05) is 0 Å². The van der Waals surface area contributed by atoms with Crippen LogP contribution in [-0.2, 0) is 0 Å². The number of benzene rings is 7. The maximum absolute atomic E-state index is 6.65. The van der Waals surface area contributed by atoms with Crippen molar-refractivity contribution >= 4 is 65.6 Å². The van der Waals surface area contributed by atoms with Gasteiger partial charge in [0.1, 0.15) is 11.2 Å². The molecule has 0 bridgehead atoms. The molecule has 10 aromatic rings. The average Bonchev–Trinajstić information content (AvgIpc) is 3.76. The van der Waals surface area contributed by atoms with Gasteiger partial charge >= 0.3 is 0 Å². The number of para-hydroxylation sites is 4. The van der Waals surface area contributed by atoms with Crippen molar-refractivity contribution in [2.45, 2.75) is 0 Å². The van der Waals surface area contributed by atoms with Gasteiger partial charge in [0.25, 0.3) is 0 Å². The molecule has 0 atom stereocenters. The van der Waals surface area contributed by atoms with Crippen LogP contribution in [0.1, 0.15) is 0 Å². The monoisotopic (exact) mass is 574 g/mol. The minimum Gasteiger partial charge on any atom is -0.455 e. The third-order valence-corrected chi connectivity index (χ3v) is 9.33. The molecule has 0 saturated heterocycles. The Morgan fingerprint density at radius 2 is 0.911 bits per heavy atom. The van der Waals surface area contributed by atoms with E-state index in [9.17, 15) is 0 Å². The highest BCUT2D eigenvalue weighted by Gasteiger charge is 2.19. The maximum atomic E-state index is 6.65. The third-order valence-electron chi connectivity index (χ3n) is 9.33. The molecule has 3 heterocycles. The summed E-state index contributed by atoms with van der Waals surface area (Å²) in [6.45, 7) is 0. The summed E-state index contributed by atoms with van der Waals surface area (Å²) >= 11 is 0. The van der Waals surface area contributed by atoms with Gasteiger partial charge in [-0.15, -0.1) is 0 Å². The van der Waals surface area contributed by atoms with Crippen LogP contribution in [0.15, 0.2) is 162 Å². The van der Waals surface area contributed by atoms with Crippen LogP contribution in [0.5, 0.6) is 0 Å². The molecule has 210 valence electrons. The van der Waals surface area contributed by atoms with Crippen LogP contribution in [0, 0.1) is 0 Å². The lowest BCUT2D eigenvalue weighted by molar-refractivity contribution is 0.673. The first-order valence-corrected chi connectivity index (χ1v) is 15.4. The lowest BCUT2D eigenvalue weighted by Gasteiger charge is -2.09. The lowest BCUT2D eigenvalue weighted by atomic mass is 10.0. The number of fused-ring (bicyclic) bond motifs is 10. The van der Waals surface area contributed by atoms with Gasteiger partial charge in [0.2, 0.25) is 0 Å². The number of furan rings is 1. The van der Waals surface area contributed by atoms with Gasteiger partial charge in [0.15, 0.2) is 0 Å². The SMILES string of the molecule is c1ccc(-n2c3ccccc3c3c4oc5ccc(-c6ccc(-n7c8ccccc8c8ccccc87)cc6)cc5c4ccc32)cc1. The normalized spacial score (nSPS) is 12.0. The van der Waals surface area contributed by atoms with Gasteiger partial charge in [-0.05, 0) is 77.9 Å². The molecule has 3 aromatic heterocycles. The molecule has 0 amide bonds. The van der Waals surface area contributed by atoms with E-state index >= 15 is 0 Å². The second-order valence-electron chi connectivity index (χ2n) is 11.8. The topological polar surface area (TPSA) is 23.0 Å². The summed E-state index contributed by atoms with van der Waals surface area (Å²) in [6, 6.07) is 56.4. The molecule has 3 heteroatoms. The number of aromatic nitrogens is 2.